The SMILES string of the molecule is Cc1ccccc1CSCc1cc(F)ccc1N. The van der Waals surface area contributed by atoms with E-state index >= 15 is 0 Å². The lowest BCUT2D eigenvalue weighted by molar-refractivity contribution is 0.627. The maximum Gasteiger partial charge on any atom is 0.123 e. The predicted molar refractivity (Wildman–Crippen MR) is 77.0 cm³/mol. The summed E-state index contributed by atoms with van der Waals surface area (Å²) >= 11 is 1.75. The average Bonchev–Trinajstić information content (AvgIpc) is 2.36. The number of nitrogen functional groups attached to an aromatic ring is 1. The summed E-state index contributed by atoms with van der Waals surface area (Å²) in [4.78, 5) is 0. The van der Waals surface area contributed by atoms with Gasteiger partial charge in [-0.15, -0.1) is 0 Å². The van der Waals surface area contributed by atoms with Crippen molar-refractivity contribution in [3.8, 4) is 0 Å². The molecule has 2 aromatic rings. The molecule has 0 aliphatic rings. The molecule has 3 heteroatoms. The standard InChI is InChI=1S/C15H16FNS/c1-11-4-2-3-5-12(11)9-18-10-13-8-14(16)6-7-15(13)17/h2-8H,9-10,17H2,1H3. The Balaban J connectivity index is 1.96. The van der Waals surface area contributed by atoms with Crippen molar-refractivity contribution in [3.63, 3.8) is 0 Å². The van der Waals surface area contributed by atoms with Gasteiger partial charge in [0.1, 0.15) is 5.82 Å². The molecule has 0 saturated carbocycles. The quantitative estimate of drug-likeness (QED) is 0.837. The third kappa shape index (κ3) is 3.26. The van der Waals surface area contributed by atoms with Crippen LogP contribution in [0.3, 0.4) is 0 Å². The second-order valence-electron chi connectivity index (χ2n) is 4.26. The van der Waals surface area contributed by atoms with Crippen molar-refractivity contribution < 1.29 is 4.39 Å². The van der Waals surface area contributed by atoms with Crippen molar-refractivity contribution in [2.45, 2.75) is 18.4 Å². The van der Waals surface area contributed by atoms with Crippen LogP contribution in [0.15, 0.2) is 42.5 Å². The van der Waals surface area contributed by atoms with Gasteiger partial charge in [-0.2, -0.15) is 11.8 Å². The van der Waals surface area contributed by atoms with Crippen LogP contribution >= 0.6 is 11.8 Å². The van der Waals surface area contributed by atoms with Gasteiger partial charge in [0.15, 0.2) is 0 Å². The Morgan fingerprint density at radius 3 is 2.56 bits per heavy atom. The predicted octanol–water partition coefficient (Wildman–Crippen LogP) is 4.15. The van der Waals surface area contributed by atoms with Crippen molar-refractivity contribution in [1.29, 1.82) is 0 Å². The van der Waals surface area contributed by atoms with Gasteiger partial charge in [-0.05, 0) is 41.8 Å². The minimum atomic E-state index is -0.226. The molecule has 0 fully saturated rings. The lowest BCUT2D eigenvalue weighted by Crippen LogP contribution is -1.94. The number of benzene rings is 2. The van der Waals surface area contributed by atoms with Gasteiger partial charge in [0.2, 0.25) is 0 Å². The molecule has 0 radical (unpaired) electrons. The molecule has 0 spiro atoms. The van der Waals surface area contributed by atoms with Crippen LogP contribution < -0.4 is 5.73 Å². The number of anilines is 1. The van der Waals surface area contributed by atoms with Crippen LogP contribution in [0.4, 0.5) is 10.1 Å². The molecule has 0 amide bonds. The van der Waals surface area contributed by atoms with E-state index in [1.54, 1.807) is 17.8 Å². The molecule has 0 atom stereocenters. The van der Waals surface area contributed by atoms with E-state index in [0.29, 0.717) is 5.69 Å². The Hall–Kier alpha value is -1.48. The van der Waals surface area contributed by atoms with Crippen molar-refractivity contribution >= 4 is 17.4 Å². The molecule has 0 heterocycles. The summed E-state index contributed by atoms with van der Waals surface area (Å²) in [6, 6.07) is 12.8. The lowest BCUT2D eigenvalue weighted by atomic mass is 10.1. The molecule has 94 valence electrons. The molecule has 2 aromatic carbocycles. The lowest BCUT2D eigenvalue weighted by Gasteiger charge is -2.07. The maximum atomic E-state index is 13.1. The van der Waals surface area contributed by atoms with Gasteiger partial charge in [-0.1, -0.05) is 24.3 Å². The molecule has 0 saturated heterocycles. The number of hydrogen-bond donors (Lipinski definition) is 1. The topological polar surface area (TPSA) is 26.0 Å². The molecule has 18 heavy (non-hydrogen) atoms. The van der Waals surface area contributed by atoms with Crippen molar-refractivity contribution in [1.82, 2.24) is 0 Å². The fraction of sp³-hybridized carbons (Fsp3) is 0.200. The van der Waals surface area contributed by atoms with E-state index in [0.717, 1.165) is 17.1 Å². The minimum absolute atomic E-state index is 0.226. The first-order valence-electron chi connectivity index (χ1n) is 5.83. The van der Waals surface area contributed by atoms with Gasteiger partial charge in [0.25, 0.3) is 0 Å². The highest BCUT2D eigenvalue weighted by atomic mass is 32.2. The van der Waals surface area contributed by atoms with Gasteiger partial charge < -0.3 is 5.73 Å². The van der Waals surface area contributed by atoms with Crippen LogP contribution in [-0.2, 0) is 11.5 Å². The third-order valence-electron chi connectivity index (χ3n) is 2.88. The molecule has 0 aromatic heterocycles. The first kappa shape index (κ1) is 13.0. The number of aryl methyl sites for hydroxylation is 1. The Labute approximate surface area is 111 Å². The highest BCUT2D eigenvalue weighted by Crippen LogP contribution is 2.23. The number of thioether (sulfide) groups is 1. The number of rotatable bonds is 4. The Morgan fingerprint density at radius 1 is 1.06 bits per heavy atom. The van der Waals surface area contributed by atoms with Crippen LogP contribution in [0.25, 0.3) is 0 Å². The number of halogens is 1. The van der Waals surface area contributed by atoms with E-state index in [9.17, 15) is 4.39 Å². The molecule has 1 nitrogen and oxygen atoms in total. The summed E-state index contributed by atoms with van der Waals surface area (Å²) in [6.45, 7) is 2.10. The van der Waals surface area contributed by atoms with Gasteiger partial charge in [0.05, 0.1) is 0 Å². The van der Waals surface area contributed by atoms with Crippen molar-refractivity contribution in [3.05, 3.63) is 65.0 Å². The van der Waals surface area contributed by atoms with Crippen LogP contribution in [0.1, 0.15) is 16.7 Å². The van der Waals surface area contributed by atoms with Gasteiger partial charge in [-0.25, -0.2) is 4.39 Å². The summed E-state index contributed by atoms with van der Waals surface area (Å²) < 4.78 is 13.1. The highest BCUT2D eigenvalue weighted by molar-refractivity contribution is 7.97. The van der Waals surface area contributed by atoms with E-state index in [4.69, 9.17) is 5.73 Å². The summed E-state index contributed by atoms with van der Waals surface area (Å²) in [5.74, 6) is 1.43. The molecular weight excluding hydrogens is 245 g/mol. The van der Waals surface area contributed by atoms with Crippen LogP contribution in [0, 0.1) is 12.7 Å². The Morgan fingerprint density at radius 2 is 1.78 bits per heavy atom. The number of hydrogen-bond acceptors (Lipinski definition) is 2. The van der Waals surface area contributed by atoms with Crippen molar-refractivity contribution in [2.75, 3.05) is 5.73 Å². The maximum absolute atomic E-state index is 13.1. The normalized spacial score (nSPS) is 10.6. The zero-order valence-corrected chi connectivity index (χ0v) is 11.1. The fourth-order valence-electron chi connectivity index (χ4n) is 1.74. The molecule has 2 rings (SSSR count). The second-order valence-corrected chi connectivity index (χ2v) is 5.25. The van der Waals surface area contributed by atoms with Gasteiger partial charge >= 0.3 is 0 Å². The molecule has 0 unspecified atom stereocenters. The molecule has 0 aliphatic carbocycles. The number of nitrogens with two attached hydrogens (primary N) is 1. The van der Waals surface area contributed by atoms with Gasteiger partial charge in [-0.3, -0.25) is 0 Å². The fourth-order valence-corrected chi connectivity index (χ4v) is 2.86. The van der Waals surface area contributed by atoms with E-state index in [1.807, 2.05) is 12.1 Å². The third-order valence-corrected chi connectivity index (χ3v) is 3.91. The average molecular weight is 261 g/mol. The molecule has 0 aliphatic heterocycles. The van der Waals surface area contributed by atoms with E-state index in [2.05, 4.69) is 19.1 Å². The van der Waals surface area contributed by atoms with Crippen LogP contribution in [-0.4, -0.2) is 0 Å². The van der Waals surface area contributed by atoms with E-state index in [-0.39, 0.29) is 5.82 Å². The summed E-state index contributed by atoms with van der Waals surface area (Å²) in [5, 5.41) is 0. The minimum Gasteiger partial charge on any atom is -0.398 e. The first-order chi connectivity index (χ1) is 8.66. The Kier molecular flexibility index (Phi) is 4.26. The summed E-state index contributed by atoms with van der Waals surface area (Å²) in [5.41, 5.74) is 9.95. The first-order valence-corrected chi connectivity index (χ1v) is 6.98. The second kappa shape index (κ2) is 5.91. The Bertz CT molecular complexity index is 540. The van der Waals surface area contributed by atoms with E-state index < -0.39 is 0 Å². The monoisotopic (exact) mass is 261 g/mol. The zero-order valence-electron chi connectivity index (χ0n) is 10.3. The smallest absolute Gasteiger partial charge is 0.123 e. The van der Waals surface area contributed by atoms with Crippen LogP contribution in [0.2, 0.25) is 0 Å². The molecular formula is C15H16FNS. The van der Waals surface area contributed by atoms with Gasteiger partial charge in [0, 0.05) is 17.2 Å². The van der Waals surface area contributed by atoms with Crippen LogP contribution in [0.5, 0.6) is 0 Å². The van der Waals surface area contributed by atoms with Crippen molar-refractivity contribution in [2.24, 2.45) is 0 Å². The molecule has 2 N–H and O–H groups in total. The largest absolute Gasteiger partial charge is 0.398 e. The zero-order chi connectivity index (χ0) is 13.0. The highest BCUT2D eigenvalue weighted by Gasteiger charge is 2.03. The summed E-state index contributed by atoms with van der Waals surface area (Å²) in [7, 11) is 0. The van der Waals surface area contributed by atoms with E-state index in [1.165, 1.54) is 23.3 Å². The summed E-state index contributed by atoms with van der Waals surface area (Å²) in [6.07, 6.45) is 0. The molecule has 0 bridgehead atoms.